The summed E-state index contributed by atoms with van der Waals surface area (Å²) in [5, 5.41) is 2.63. The van der Waals surface area contributed by atoms with Gasteiger partial charge in [-0.15, -0.1) is 0 Å². The van der Waals surface area contributed by atoms with Crippen LogP contribution in [0, 0.1) is 5.92 Å². The third-order valence-corrected chi connectivity index (χ3v) is 5.96. The minimum absolute atomic E-state index is 0.142. The van der Waals surface area contributed by atoms with Crippen LogP contribution in [-0.2, 0) is 9.59 Å². The standard InChI is InChI=1S/C23H28BrNO3/c1-16-13-21(26)20(23(27)25-16)15-18-14-19(24)10-11-22(18)28-12-6-5-9-17-7-3-2-4-8-17/h10-11,14-15,17H,1-9,12-13H2,(H,25,27)/b20-15-. The highest BCUT2D eigenvalue weighted by molar-refractivity contribution is 9.10. The number of ether oxygens (including phenoxy) is 1. The van der Waals surface area contributed by atoms with Crippen molar-refractivity contribution >= 4 is 33.7 Å². The second-order valence-corrected chi connectivity index (χ2v) is 8.66. The fourth-order valence-corrected chi connectivity index (χ4v) is 4.32. The normalized spacial score (nSPS) is 19.8. The van der Waals surface area contributed by atoms with Gasteiger partial charge in [0.1, 0.15) is 5.75 Å². The molecule has 0 aromatic heterocycles. The molecule has 1 saturated carbocycles. The number of nitrogens with one attached hydrogen (secondary N) is 1. The zero-order chi connectivity index (χ0) is 19.9. The number of piperidine rings is 1. The molecule has 2 fully saturated rings. The van der Waals surface area contributed by atoms with E-state index in [1.54, 1.807) is 6.08 Å². The monoisotopic (exact) mass is 445 g/mol. The highest BCUT2D eigenvalue weighted by Crippen LogP contribution is 2.29. The van der Waals surface area contributed by atoms with E-state index in [2.05, 4.69) is 27.8 Å². The Morgan fingerprint density at radius 3 is 2.71 bits per heavy atom. The Bertz CT molecular complexity index is 756. The fraction of sp³-hybridized carbons (Fsp3) is 0.478. The molecule has 0 radical (unpaired) electrons. The SMILES string of the molecule is C=C1CC(=O)/C(=C/c2cc(Br)ccc2OCCCCC2CCCCC2)C(=O)N1. The molecule has 3 rings (SSSR count). The molecule has 4 nitrogen and oxygen atoms in total. The van der Waals surface area contributed by atoms with Crippen molar-refractivity contribution in [3.8, 4) is 5.75 Å². The molecule has 0 atom stereocenters. The predicted molar refractivity (Wildman–Crippen MR) is 115 cm³/mol. The van der Waals surface area contributed by atoms with Gasteiger partial charge < -0.3 is 10.1 Å². The number of allylic oxidation sites excluding steroid dienone is 1. The summed E-state index contributed by atoms with van der Waals surface area (Å²) in [6, 6.07) is 5.65. The average molecular weight is 446 g/mol. The van der Waals surface area contributed by atoms with Gasteiger partial charge >= 0.3 is 0 Å². The number of Topliss-reactive ketones (excluding diaryl/α,β-unsaturated/α-hetero) is 1. The number of unbranched alkanes of at least 4 members (excludes halogenated alkanes) is 1. The molecular formula is C23H28BrNO3. The molecule has 2 aliphatic rings. The molecule has 5 heteroatoms. The summed E-state index contributed by atoms with van der Waals surface area (Å²) >= 11 is 3.45. The van der Waals surface area contributed by atoms with Gasteiger partial charge in [-0.3, -0.25) is 9.59 Å². The van der Waals surface area contributed by atoms with Gasteiger partial charge in [-0.05, 0) is 43.0 Å². The van der Waals surface area contributed by atoms with Crippen molar-refractivity contribution in [3.05, 3.63) is 46.1 Å². The molecular weight excluding hydrogens is 418 g/mol. The number of halogens is 1. The van der Waals surface area contributed by atoms with Crippen molar-refractivity contribution in [1.29, 1.82) is 0 Å². The second kappa shape index (κ2) is 10.1. The number of ketones is 1. The molecule has 1 aliphatic carbocycles. The Balaban J connectivity index is 1.59. The number of hydrogen-bond acceptors (Lipinski definition) is 3. The van der Waals surface area contributed by atoms with Gasteiger partial charge in [-0.2, -0.15) is 0 Å². The first-order chi connectivity index (χ1) is 13.5. The lowest BCUT2D eigenvalue weighted by atomic mass is 9.86. The van der Waals surface area contributed by atoms with Crippen LogP contribution in [0.2, 0.25) is 0 Å². The van der Waals surface area contributed by atoms with E-state index >= 15 is 0 Å². The summed E-state index contributed by atoms with van der Waals surface area (Å²) in [7, 11) is 0. The van der Waals surface area contributed by atoms with Gasteiger partial charge in [0.15, 0.2) is 5.78 Å². The largest absolute Gasteiger partial charge is 0.493 e. The molecule has 1 saturated heterocycles. The molecule has 0 spiro atoms. The Kier molecular flexibility index (Phi) is 7.49. The summed E-state index contributed by atoms with van der Waals surface area (Å²) in [4.78, 5) is 24.4. The quantitative estimate of drug-likeness (QED) is 0.339. The fourth-order valence-electron chi connectivity index (χ4n) is 3.95. The summed E-state index contributed by atoms with van der Waals surface area (Å²) in [6.07, 6.45) is 12.2. The first kappa shape index (κ1) is 20.8. The molecule has 1 N–H and O–H groups in total. The molecule has 1 heterocycles. The third kappa shape index (κ3) is 5.81. The van der Waals surface area contributed by atoms with Crippen LogP contribution in [0.15, 0.2) is 40.5 Å². The van der Waals surface area contributed by atoms with Gasteiger partial charge in [0, 0.05) is 15.7 Å². The van der Waals surface area contributed by atoms with E-state index in [9.17, 15) is 9.59 Å². The topological polar surface area (TPSA) is 55.4 Å². The highest BCUT2D eigenvalue weighted by atomic mass is 79.9. The molecule has 1 aromatic rings. The van der Waals surface area contributed by atoms with Gasteiger partial charge in [-0.1, -0.05) is 61.0 Å². The van der Waals surface area contributed by atoms with Crippen LogP contribution < -0.4 is 10.1 Å². The van der Waals surface area contributed by atoms with E-state index in [0.717, 1.165) is 22.4 Å². The van der Waals surface area contributed by atoms with Crippen molar-refractivity contribution in [2.45, 2.75) is 57.8 Å². The van der Waals surface area contributed by atoms with Gasteiger partial charge in [-0.25, -0.2) is 0 Å². The molecule has 1 aromatic carbocycles. The van der Waals surface area contributed by atoms with E-state index in [1.165, 1.54) is 44.9 Å². The molecule has 1 aliphatic heterocycles. The zero-order valence-corrected chi connectivity index (χ0v) is 17.9. The second-order valence-electron chi connectivity index (χ2n) is 7.75. The van der Waals surface area contributed by atoms with Crippen molar-refractivity contribution in [2.75, 3.05) is 6.61 Å². The third-order valence-electron chi connectivity index (χ3n) is 5.47. The lowest BCUT2D eigenvalue weighted by molar-refractivity contribution is -0.123. The Morgan fingerprint density at radius 1 is 1.18 bits per heavy atom. The summed E-state index contributed by atoms with van der Waals surface area (Å²) < 4.78 is 6.86. The van der Waals surface area contributed by atoms with Crippen LogP contribution in [0.25, 0.3) is 6.08 Å². The smallest absolute Gasteiger partial charge is 0.259 e. The van der Waals surface area contributed by atoms with Crippen LogP contribution in [0.3, 0.4) is 0 Å². The zero-order valence-electron chi connectivity index (χ0n) is 16.3. The maximum absolute atomic E-state index is 12.2. The van der Waals surface area contributed by atoms with E-state index in [0.29, 0.717) is 18.1 Å². The van der Waals surface area contributed by atoms with E-state index in [1.807, 2.05) is 18.2 Å². The Hall–Kier alpha value is -1.88. The Labute approximate surface area is 175 Å². The van der Waals surface area contributed by atoms with Crippen LogP contribution in [-0.4, -0.2) is 18.3 Å². The molecule has 150 valence electrons. The molecule has 28 heavy (non-hydrogen) atoms. The lowest BCUT2D eigenvalue weighted by Crippen LogP contribution is -2.34. The minimum atomic E-state index is -0.403. The van der Waals surface area contributed by atoms with E-state index in [4.69, 9.17) is 4.74 Å². The van der Waals surface area contributed by atoms with E-state index < -0.39 is 5.91 Å². The number of rotatable bonds is 7. The van der Waals surface area contributed by atoms with Crippen molar-refractivity contribution in [1.82, 2.24) is 5.32 Å². The summed E-state index contributed by atoms with van der Waals surface area (Å²) in [5.41, 5.74) is 1.32. The van der Waals surface area contributed by atoms with Crippen molar-refractivity contribution < 1.29 is 14.3 Å². The molecule has 0 bridgehead atoms. The minimum Gasteiger partial charge on any atom is -0.493 e. The van der Waals surface area contributed by atoms with E-state index in [-0.39, 0.29) is 17.8 Å². The number of carbonyl (C=O) groups excluding carboxylic acids is 2. The number of benzene rings is 1. The van der Waals surface area contributed by atoms with Gasteiger partial charge in [0.2, 0.25) is 0 Å². The van der Waals surface area contributed by atoms with Crippen molar-refractivity contribution in [3.63, 3.8) is 0 Å². The number of hydrogen-bond donors (Lipinski definition) is 1. The van der Waals surface area contributed by atoms with Crippen molar-refractivity contribution in [2.24, 2.45) is 5.92 Å². The maximum Gasteiger partial charge on any atom is 0.259 e. The number of amides is 1. The average Bonchev–Trinajstić information content (AvgIpc) is 2.66. The first-order valence-electron chi connectivity index (χ1n) is 10.2. The Morgan fingerprint density at radius 2 is 1.96 bits per heavy atom. The first-order valence-corrected chi connectivity index (χ1v) is 11.0. The van der Waals surface area contributed by atoms with Crippen LogP contribution >= 0.6 is 15.9 Å². The van der Waals surface area contributed by atoms with Crippen LogP contribution in [0.5, 0.6) is 5.75 Å². The summed E-state index contributed by atoms with van der Waals surface area (Å²) in [5.74, 6) is 0.970. The van der Waals surface area contributed by atoms with Gasteiger partial charge in [0.05, 0.1) is 18.6 Å². The molecule has 0 unspecified atom stereocenters. The van der Waals surface area contributed by atoms with Gasteiger partial charge in [0.25, 0.3) is 5.91 Å². The highest BCUT2D eigenvalue weighted by Gasteiger charge is 2.25. The number of carbonyl (C=O) groups is 2. The maximum atomic E-state index is 12.2. The van der Waals surface area contributed by atoms with Crippen LogP contribution in [0.1, 0.15) is 63.4 Å². The molecule has 1 amide bonds. The lowest BCUT2D eigenvalue weighted by Gasteiger charge is -2.21. The van der Waals surface area contributed by atoms with Crippen LogP contribution in [0.4, 0.5) is 0 Å². The predicted octanol–water partition coefficient (Wildman–Crippen LogP) is 5.56. The summed E-state index contributed by atoms with van der Waals surface area (Å²) in [6.45, 7) is 4.31.